The smallest absolute Gasteiger partial charge is 0.229 e. The molecule has 0 aliphatic heterocycles. The average Bonchev–Trinajstić information content (AvgIpc) is 2.69. The lowest BCUT2D eigenvalue weighted by molar-refractivity contribution is -0.126. The van der Waals surface area contributed by atoms with Gasteiger partial charge in [0.05, 0.1) is 5.41 Å². The van der Waals surface area contributed by atoms with Crippen LogP contribution in [0.5, 0.6) is 0 Å². The minimum absolute atomic E-state index is 0.0272. The van der Waals surface area contributed by atoms with Crippen LogP contribution in [0.15, 0.2) is 0 Å². The van der Waals surface area contributed by atoms with Crippen molar-refractivity contribution < 1.29 is 4.79 Å². The molecule has 2 aliphatic rings. The van der Waals surface area contributed by atoms with E-state index >= 15 is 0 Å². The molecule has 2 aliphatic carbocycles. The summed E-state index contributed by atoms with van der Waals surface area (Å²) >= 11 is 11.9. The summed E-state index contributed by atoms with van der Waals surface area (Å²) in [6.45, 7) is 1.84. The van der Waals surface area contributed by atoms with Gasteiger partial charge in [0.15, 0.2) is 0 Å². The highest BCUT2D eigenvalue weighted by Gasteiger charge is 2.67. The van der Waals surface area contributed by atoms with Crippen molar-refractivity contribution in [2.75, 3.05) is 0 Å². The second-order valence-corrected chi connectivity index (χ2v) is 6.51. The molecular weight excluding hydrogens is 233 g/mol. The summed E-state index contributed by atoms with van der Waals surface area (Å²) in [5.41, 5.74) is -0.562. The summed E-state index contributed by atoms with van der Waals surface area (Å²) in [6, 6.07) is 0.341. The van der Waals surface area contributed by atoms with Gasteiger partial charge in [0.2, 0.25) is 5.91 Å². The molecule has 0 unspecified atom stereocenters. The van der Waals surface area contributed by atoms with Gasteiger partial charge < -0.3 is 5.32 Å². The van der Waals surface area contributed by atoms with Crippen molar-refractivity contribution >= 4 is 29.1 Å². The number of nitrogens with one attached hydrogen (secondary N) is 1. The normalized spacial score (nSPS) is 34.9. The Hall–Kier alpha value is 0.0500. The number of amides is 1. The van der Waals surface area contributed by atoms with Crippen molar-refractivity contribution in [1.82, 2.24) is 5.32 Å². The SMILES string of the molecule is C[C@]1(C(=O)NC2CCCCC2)CC1(Cl)Cl. The molecule has 1 amide bonds. The maximum atomic E-state index is 11.9. The molecule has 15 heavy (non-hydrogen) atoms. The second-order valence-electron chi connectivity index (χ2n) is 5.02. The number of carbonyl (C=O) groups is 1. The van der Waals surface area contributed by atoms with Gasteiger partial charge in [0.25, 0.3) is 0 Å². The lowest BCUT2D eigenvalue weighted by Crippen LogP contribution is -2.41. The Kier molecular flexibility index (Phi) is 2.93. The third-order valence-electron chi connectivity index (χ3n) is 3.70. The summed E-state index contributed by atoms with van der Waals surface area (Å²) in [6.07, 6.45) is 6.49. The molecule has 86 valence electrons. The van der Waals surface area contributed by atoms with Gasteiger partial charge in [-0.3, -0.25) is 4.79 Å². The number of rotatable bonds is 2. The molecule has 0 aromatic rings. The van der Waals surface area contributed by atoms with Crippen LogP contribution in [0.25, 0.3) is 0 Å². The Morgan fingerprint density at radius 2 is 1.80 bits per heavy atom. The molecule has 0 aromatic heterocycles. The zero-order valence-electron chi connectivity index (χ0n) is 8.98. The first-order chi connectivity index (χ1) is 6.96. The fourth-order valence-electron chi connectivity index (χ4n) is 2.24. The zero-order valence-corrected chi connectivity index (χ0v) is 10.5. The molecule has 0 bridgehead atoms. The molecule has 0 heterocycles. The van der Waals surface area contributed by atoms with Gasteiger partial charge in [0.1, 0.15) is 4.33 Å². The van der Waals surface area contributed by atoms with E-state index in [2.05, 4.69) is 5.32 Å². The van der Waals surface area contributed by atoms with Crippen LogP contribution in [-0.2, 0) is 4.79 Å². The molecule has 2 nitrogen and oxygen atoms in total. The number of hydrogen-bond acceptors (Lipinski definition) is 1. The standard InChI is InChI=1S/C11H17Cl2NO/c1-10(7-11(10,12)13)9(15)14-8-5-3-2-4-6-8/h8H,2-7H2,1H3,(H,14,15)/t10-/m1/s1. The fourth-order valence-corrected chi connectivity index (χ4v) is 2.94. The first kappa shape index (κ1) is 11.5. The summed E-state index contributed by atoms with van der Waals surface area (Å²) in [4.78, 5) is 11.9. The van der Waals surface area contributed by atoms with Crippen LogP contribution in [0.4, 0.5) is 0 Å². The van der Waals surface area contributed by atoms with Crippen molar-refractivity contribution in [1.29, 1.82) is 0 Å². The Labute approximate surface area is 101 Å². The third kappa shape index (κ3) is 2.12. The highest BCUT2D eigenvalue weighted by molar-refractivity contribution is 6.53. The van der Waals surface area contributed by atoms with E-state index in [0.29, 0.717) is 12.5 Å². The maximum Gasteiger partial charge on any atom is 0.229 e. The van der Waals surface area contributed by atoms with Gasteiger partial charge in [-0.2, -0.15) is 0 Å². The lowest BCUT2D eigenvalue weighted by Gasteiger charge is -2.24. The van der Waals surface area contributed by atoms with Gasteiger partial charge in [-0.15, -0.1) is 23.2 Å². The van der Waals surface area contributed by atoms with E-state index in [-0.39, 0.29) is 5.91 Å². The predicted octanol–water partition coefficient (Wildman–Crippen LogP) is 3.02. The second kappa shape index (κ2) is 3.81. The molecule has 4 heteroatoms. The molecular formula is C11H17Cl2NO. The highest BCUT2D eigenvalue weighted by atomic mass is 35.5. The molecule has 1 atom stereocenters. The van der Waals surface area contributed by atoms with E-state index in [1.165, 1.54) is 19.3 Å². The topological polar surface area (TPSA) is 29.1 Å². The summed E-state index contributed by atoms with van der Waals surface area (Å²) in [5.74, 6) is 0.0272. The lowest BCUT2D eigenvalue weighted by atomic mass is 9.95. The van der Waals surface area contributed by atoms with E-state index in [1.807, 2.05) is 6.92 Å². The van der Waals surface area contributed by atoms with Crippen molar-refractivity contribution in [3.63, 3.8) is 0 Å². The monoisotopic (exact) mass is 249 g/mol. The molecule has 2 rings (SSSR count). The van der Waals surface area contributed by atoms with E-state index in [1.54, 1.807) is 0 Å². The van der Waals surface area contributed by atoms with Crippen LogP contribution in [0, 0.1) is 5.41 Å². The maximum absolute atomic E-state index is 11.9. The minimum atomic E-state index is -0.842. The van der Waals surface area contributed by atoms with E-state index in [9.17, 15) is 4.79 Å². The molecule has 0 radical (unpaired) electrons. The van der Waals surface area contributed by atoms with Crippen molar-refractivity contribution in [3.8, 4) is 0 Å². The first-order valence-corrected chi connectivity index (χ1v) is 6.40. The summed E-state index contributed by atoms with van der Waals surface area (Å²) < 4.78 is -0.842. The largest absolute Gasteiger partial charge is 0.353 e. The molecule has 2 fully saturated rings. The number of alkyl halides is 2. The van der Waals surface area contributed by atoms with Crippen molar-refractivity contribution in [2.45, 2.75) is 55.8 Å². The number of hydrogen-bond donors (Lipinski definition) is 1. The van der Waals surface area contributed by atoms with E-state index < -0.39 is 9.75 Å². The fraction of sp³-hybridized carbons (Fsp3) is 0.909. The van der Waals surface area contributed by atoms with E-state index in [0.717, 1.165) is 12.8 Å². The molecule has 2 saturated carbocycles. The van der Waals surface area contributed by atoms with Crippen LogP contribution < -0.4 is 5.32 Å². The van der Waals surface area contributed by atoms with Crippen LogP contribution in [0.3, 0.4) is 0 Å². The zero-order chi connectivity index (χ0) is 11.1. The Balaban J connectivity index is 1.87. The van der Waals surface area contributed by atoms with Gasteiger partial charge >= 0.3 is 0 Å². The Morgan fingerprint density at radius 1 is 1.27 bits per heavy atom. The van der Waals surface area contributed by atoms with Gasteiger partial charge in [-0.05, 0) is 26.2 Å². The van der Waals surface area contributed by atoms with Gasteiger partial charge in [-0.25, -0.2) is 0 Å². The van der Waals surface area contributed by atoms with E-state index in [4.69, 9.17) is 23.2 Å². The van der Waals surface area contributed by atoms with Crippen LogP contribution >= 0.6 is 23.2 Å². The molecule has 0 spiro atoms. The minimum Gasteiger partial charge on any atom is -0.353 e. The molecule has 0 saturated heterocycles. The molecule has 1 N–H and O–H groups in total. The van der Waals surface area contributed by atoms with Gasteiger partial charge in [0, 0.05) is 6.04 Å². The summed E-state index contributed by atoms with van der Waals surface area (Å²) in [7, 11) is 0. The predicted molar refractivity (Wildman–Crippen MR) is 62.2 cm³/mol. The number of halogens is 2. The first-order valence-electron chi connectivity index (χ1n) is 5.64. The van der Waals surface area contributed by atoms with Crippen LogP contribution in [0.2, 0.25) is 0 Å². The third-order valence-corrected chi connectivity index (χ3v) is 4.80. The van der Waals surface area contributed by atoms with Crippen molar-refractivity contribution in [3.05, 3.63) is 0 Å². The average molecular weight is 250 g/mol. The van der Waals surface area contributed by atoms with Crippen LogP contribution in [0.1, 0.15) is 45.4 Å². The molecule has 0 aromatic carbocycles. The van der Waals surface area contributed by atoms with Crippen LogP contribution in [-0.4, -0.2) is 16.3 Å². The summed E-state index contributed by atoms with van der Waals surface area (Å²) in [5, 5.41) is 3.07. The van der Waals surface area contributed by atoms with Crippen molar-refractivity contribution in [2.24, 2.45) is 5.41 Å². The van der Waals surface area contributed by atoms with Gasteiger partial charge in [-0.1, -0.05) is 19.3 Å². The quantitative estimate of drug-likeness (QED) is 0.750. The Bertz CT molecular complexity index is 274. The Morgan fingerprint density at radius 3 is 2.27 bits per heavy atom. The highest BCUT2D eigenvalue weighted by Crippen LogP contribution is 2.63. The number of carbonyl (C=O) groups excluding carboxylic acids is 1.